The Morgan fingerprint density at radius 3 is 2.59 bits per heavy atom. The molecule has 3 amide bonds. The first-order chi connectivity index (χ1) is 15.4. The maximum atomic E-state index is 13.5. The minimum atomic E-state index is -0.619. The number of morpholine rings is 1. The summed E-state index contributed by atoms with van der Waals surface area (Å²) in [6.07, 6.45) is 1.97. The highest BCUT2D eigenvalue weighted by molar-refractivity contribution is 9.10. The quantitative estimate of drug-likeness (QED) is 0.586. The van der Waals surface area contributed by atoms with E-state index < -0.39 is 6.04 Å². The molecule has 0 radical (unpaired) electrons. The maximum Gasteiger partial charge on any atom is 0.401 e. The lowest BCUT2D eigenvalue weighted by Gasteiger charge is -2.33. The van der Waals surface area contributed by atoms with Crippen LogP contribution < -0.4 is 4.57 Å². The number of hydrogen-bond acceptors (Lipinski definition) is 5. The van der Waals surface area contributed by atoms with E-state index in [-0.39, 0.29) is 18.5 Å². The zero-order valence-corrected chi connectivity index (χ0v) is 19.8. The lowest BCUT2D eigenvalue weighted by atomic mass is 10.1. The average molecular weight is 502 g/mol. The predicted molar refractivity (Wildman–Crippen MR) is 121 cm³/mol. The summed E-state index contributed by atoms with van der Waals surface area (Å²) in [7, 11) is 1.69. The van der Waals surface area contributed by atoms with Gasteiger partial charge in [0.1, 0.15) is 11.9 Å². The van der Waals surface area contributed by atoms with Crippen molar-refractivity contribution in [2.75, 3.05) is 39.9 Å². The van der Waals surface area contributed by atoms with Gasteiger partial charge in [0.15, 0.2) is 0 Å². The van der Waals surface area contributed by atoms with Crippen molar-refractivity contribution in [3.63, 3.8) is 0 Å². The summed E-state index contributed by atoms with van der Waals surface area (Å²) >= 11 is 3.42. The molecule has 0 N–H and O–H groups in total. The standard InChI is InChI=1S/C22H26BrN6O3/c1-15-13-28-18-19(24-21(28)27(15)8-7-26-9-11-32-12-10-26)25(2)22(31)29(20(18)30)14-16-3-5-17(23)6-4-16/h3-6,13,18H,7-12,14H2,1-2H3/q+1. The molecule has 3 aliphatic rings. The Kier molecular flexibility index (Phi) is 5.60. The van der Waals surface area contributed by atoms with Crippen molar-refractivity contribution < 1.29 is 18.9 Å². The first kappa shape index (κ1) is 21.3. The summed E-state index contributed by atoms with van der Waals surface area (Å²) < 4.78 is 10.4. The second-order valence-corrected chi connectivity index (χ2v) is 9.26. The molecule has 0 spiro atoms. The molecular formula is C22H26BrN6O3+. The van der Waals surface area contributed by atoms with Crippen molar-refractivity contribution in [2.24, 2.45) is 4.99 Å². The molecule has 9 nitrogen and oxygen atoms in total. The number of hydrogen-bond donors (Lipinski definition) is 0. The number of amidine groups is 1. The van der Waals surface area contributed by atoms with E-state index >= 15 is 0 Å². The molecule has 2 fully saturated rings. The minimum Gasteiger partial charge on any atom is -0.379 e. The fourth-order valence-electron chi connectivity index (χ4n) is 4.49. The number of likely N-dealkylation sites (N-methyl/N-ethyl adjacent to an activating group) is 1. The Bertz CT molecular complexity index is 1090. The third-order valence-corrected chi connectivity index (χ3v) is 6.85. The van der Waals surface area contributed by atoms with E-state index in [1.807, 2.05) is 42.0 Å². The molecule has 1 aromatic carbocycles. The fraction of sp³-hybridized carbons (Fsp3) is 0.455. The van der Waals surface area contributed by atoms with Gasteiger partial charge in [0.05, 0.1) is 26.3 Å². The molecule has 1 aromatic heterocycles. The van der Waals surface area contributed by atoms with Gasteiger partial charge in [-0.3, -0.25) is 19.5 Å². The van der Waals surface area contributed by atoms with Gasteiger partial charge in [-0.25, -0.2) is 13.9 Å². The lowest BCUT2D eigenvalue weighted by Crippen LogP contribution is -2.62. The zero-order chi connectivity index (χ0) is 22.4. The van der Waals surface area contributed by atoms with E-state index in [1.54, 1.807) is 7.05 Å². The molecule has 4 heterocycles. The van der Waals surface area contributed by atoms with E-state index in [0.717, 1.165) is 55.1 Å². The van der Waals surface area contributed by atoms with Crippen molar-refractivity contribution in [1.29, 1.82) is 0 Å². The van der Waals surface area contributed by atoms with Gasteiger partial charge < -0.3 is 4.74 Å². The third-order valence-electron chi connectivity index (χ3n) is 6.32. The number of carbonyl (C=O) groups is 2. The van der Waals surface area contributed by atoms with Gasteiger partial charge in [-0.2, -0.15) is 0 Å². The Hall–Kier alpha value is -2.56. The summed E-state index contributed by atoms with van der Waals surface area (Å²) in [4.78, 5) is 36.4. The Morgan fingerprint density at radius 2 is 1.88 bits per heavy atom. The van der Waals surface area contributed by atoms with Gasteiger partial charge >= 0.3 is 12.0 Å². The smallest absolute Gasteiger partial charge is 0.379 e. The van der Waals surface area contributed by atoms with Crippen molar-refractivity contribution >= 4 is 39.7 Å². The number of urea groups is 1. The predicted octanol–water partition coefficient (Wildman–Crippen LogP) is 1.86. The van der Waals surface area contributed by atoms with Gasteiger partial charge in [0.2, 0.25) is 11.9 Å². The number of fused-ring (bicyclic) bond motifs is 3. The van der Waals surface area contributed by atoms with Crippen LogP contribution in [0.15, 0.2) is 39.9 Å². The van der Waals surface area contributed by atoms with Crippen LogP contribution in [0, 0.1) is 6.92 Å². The van der Waals surface area contributed by atoms with Crippen molar-refractivity contribution in [3.05, 3.63) is 46.2 Å². The number of rotatable bonds is 5. The van der Waals surface area contributed by atoms with Gasteiger partial charge in [-0.15, -0.1) is 0 Å². The van der Waals surface area contributed by atoms with Crippen molar-refractivity contribution in [1.82, 2.24) is 19.3 Å². The summed E-state index contributed by atoms with van der Waals surface area (Å²) in [5.74, 6) is 0.959. The summed E-state index contributed by atoms with van der Waals surface area (Å²) in [6.45, 7) is 7.29. The number of imide groups is 1. The van der Waals surface area contributed by atoms with Gasteiger partial charge in [-0.05, 0) is 24.6 Å². The van der Waals surface area contributed by atoms with Crippen LogP contribution in [0.25, 0.3) is 0 Å². The highest BCUT2D eigenvalue weighted by Crippen LogP contribution is 2.30. The van der Waals surface area contributed by atoms with Crippen LogP contribution in [0.5, 0.6) is 0 Å². The van der Waals surface area contributed by atoms with Crippen LogP contribution in [0.3, 0.4) is 0 Å². The number of amides is 3. The fourth-order valence-corrected chi connectivity index (χ4v) is 4.76. The molecule has 0 bridgehead atoms. The molecule has 1 atom stereocenters. The van der Waals surface area contributed by atoms with Crippen LogP contribution in [0.1, 0.15) is 17.3 Å². The number of halogens is 1. The van der Waals surface area contributed by atoms with E-state index in [9.17, 15) is 9.59 Å². The van der Waals surface area contributed by atoms with Crippen LogP contribution >= 0.6 is 15.9 Å². The molecule has 10 heteroatoms. The number of carbonyl (C=O) groups excluding carboxylic acids is 2. The van der Waals surface area contributed by atoms with E-state index in [0.29, 0.717) is 11.8 Å². The minimum absolute atomic E-state index is 0.228. The third kappa shape index (κ3) is 3.66. The molecular weight excluding hydrogens is 476 g/mol. The normalized spacial score (nSPS) is 21.1. The van der Waals surface area contributed by atoms with Crippen LogP contribution in [0.2, 0.25) is 0 Å². The van der Waals surface area contributed by atoms with Crippen LogP contribution in [-0.2, 0) is 22.6 Å². The molecule has 32 heavy (non-hydrogen) atoms. The summed E-state index contributed by atoms with van der Waals surface area (Å²) in [5, 5.41) is 0. The molecule has 2 saturated heterocycles. The Morgan fingerprint density at radius 1 is 1.16 bits per heavy atom. The Balaban J connectivity index is 1.41. The number of benzene rings is 1. The topological polar surface area (TPSA) is 74.3 Å². The molecule has 5 rings (SSSR count). The van der Waals surface area contributed by atoms with Gasteiger partial charge in [-0.1, -0.05) is 33.1 Å². The number of aromatic nitrogens is 2. The Labute approximate surface area is 195 Å². The number of nitrogens with zero attached hydrogens (tertiary/aromatic N) is 6. The maximum absolute atomic E-state index is 13.5. The van der Waals surface area contributed by atoms with Gasteiger partial charge in [0, 0.05) is 31.2 Å². The number of aryl methyl sites for hydroxylation is 1. The molecule has 2 aromatic rings. The largest absolute Gasteiger partial charge is 0.401 e. The number of aliphatic imine (C=N–C) groups is 1. The first-order valence-electron chi connectivity index (χ1n) is 10.8. The zero-order valence-electron chi connectivity index (χ0n) is 18.2. The van der Waals surface area contributed by atoms with E-state index in [2.05, 4.69) is 25.4 Å². The first-order valence-corrected chi connectivity index (χ1v) is 11.6. The second kappa shape index (κ2) is 8.42. The molecule has 1 unspecified atom stereocenters. The van der Waals surface area contributed by atoms with E-state index in [1.165, 1.54) is 9.80 Å². The molecule has 3 aliphatic heterocycles. The molecule has 0 aliphatic carbocycles. The molecule has 168 valence electrons. The summed E-state index contributed by atoms with van der Waals surface area (Å²) in [6, 6.07) is 6.67. The highest BCUT2D eigenvalue weighted by Gasteiger charge is 2.53. The van der Waals surface area contributed by atoms with Crippen molar-refractivity contribution in [3.8, 4) is 0 Å². The van der Waals surface area contributed by atoms with Crippen molar-refractivity contribution in [2.45, 2.75) is 26.1 Å². The van der Waals surface area contributed by atoms with E-state index in [4.69, 9.17) is 9.73 Å². The number of ether oxygens (including phenoxy) is 1. The molecule has 0 saturated carbocycles. The number of imidazole rings is 1. The monoisotopic (exact) mass is 501 g/mol. The SMILES string of the molecule is Cc1c[n+]2c(n1CCN1CCOCC1)N=C1C2C(=O)N(Cc2ccc(Br)cc2)C(=O)N1C. The second-order valence-electron chi connectivity index (χ2n) is 8.35. The van der Waals surface area contributed by atoms with Crippen LogP contribution in [0.4, 0.5) is 10.7 Å². The lowest BCUT2D eigenvalue weighted by molar-refractivity contribution is -0.677. The highest BCUT2D eigenvalue weighted by atomic mass is 79.9. The van der Waals surface area contributed by atoms with Gasteiger partial charge in [0.25, 0.3) is 5.91 Å². The summed E-state index contributed by atoms with van der Waals surface area (Å²) in [5.41, 5.74) is 1.94. The average Bonchev–Trinajstić information content (AvgIpc) is 3.30. The van der Waals surface area contributed by atoms with Crippen LogP contribution in [-0.4, -0.2) is 76.9 Å².